The van der Waals surface area contributed by atoms with Gasteiger partial charge in [-0.2, -0.15) is 18.3 Å². The van der Waals surface area contributed by atoms with Crippen LogP contribution in [0.3, 0.4) is 0 Å². The van der Waals surface area contributed by atoms with Crippen molar-refractivity contribution in [2.75, 3.05) is 5.32 Å². The number of benzene rings is 2. The van der Waals surface area contributed by atoms with Crippen LogP contribution < -0.4 is 5.32 Å². The fraction of sp³-hybridized carbons (Fsp3) is 0.111. The van der Waals surface area contributed by atoms with Crippen LogP contribution in [-0.2, 0) is 13.2 Å². The van der Waals surface area contributed by atoms with Crippen molar-refractivity contribution in [3.8, 4) is 11.1 Å². The second-order valence-corrected chi connectivity index (χ2v) is 5.58. The van der Waals surface area contributed by atoms with Gasteiger partial charge >= 0.3 is 6.18 Å². The van der Waals surface area contributed by atoms with Gasteiger partial charge in [-0.1, -0.05) is 36.4 Å². The van der Waals surface area contributed by atoms with Crippen molar-refractivity contribution >= 4 is 11.6 Å². The lowest BCUT2D eigenvalue weighted by atomic mass is 10.1. The Kier molecular flexibility index (Phi) is 4.50. The van der Waals surface area contributed by atoms with E-state index in [9.17, 15) is 22.4 Å². The Morgan fingerprint density at radius 3 is 2.38 bits per heavy atom. The number of amides is 1. The van der Waals surface area contributed by atoms with Crippen LogP contribution in [0.5, 0.6) is 0 Å². The van der Waals surface area contributed by atoms with E-state index in [4.69, 9.17) is 0 Å². The van der Waals surface area contributed by atoms with E-state index in [1.165, 1.54) is 19.2 Å². The predicted octanol–water partition coefficient (Wildman–Crippen LogP) is 4.50. The normalized spacial score (nSPS) is 11.4. The summed E-state index contributed by atoms with van der Waals surface area (Å²) in [7, 11) is 1.27. The van der Waals surface area contributed by atoms with Gasteiger partial charge in [0.25, 0.3) is 5.91 Å². The topological polar surface area (TPSA) is 46.9 Å². The number of rotatable bonds is 3. The first-order chi connectivity index (χ1) is 12.3. The highest BCUT2D eigenvalue weighted by atomic mass is 19.4. The van der Waals surface area contributed by atoms with Gasteiger partial charge in [0, 0.05) is 13.2 Å². The maximum absolute atomic E-state index is 14.3. The molecule has 4 nitrogen and oxygen atoms in total. The third-order valence-corrected chi connectivity index (χ3v) is 3.67. The van der Waals surface area contributed by atoms with E-state index in [0.717, 1.165) is 16.4 Å². The van der Waals surface area contributed by atoms with Gasteiger partial charge in [0.1, 0.15) is 5.82 Å². The van der Waals surface area contributed by atoms with Crippen LogP contribution in [-0.4, -0.2) is 15.7 Å². The van der Waals surface area contributed by atoms with Crippen molar-refractivity contribution in [2.24, 2.45) is 7.05 Å². The van der Waals surface area contributed by atoms with Gasteiger partial charge in [-0.3, -0.25) is 9.48 Å². The largest absolute Gasteiger partial charge is 0.435 e. The number of anilines is 1. The molecular weight excluding hydrogens is 350 g/mol. The van der Waals surface area contributed by atoms with E-state index < -0.39 is 29.2 Å². The number of hydrogen-bond donors (Lipinski definition) is 1. The molecule has 8 heteroatoms. The van der Waals surface area contributed by atoms with Crippen LogP contribution in [0.4, 0.5) is 23.2 Å². The molecule has 3 rings (SSSR count). The minimum Gasteiger partial charge on any atom is -0.319 e. The van der Waals surface area contributed by atoms with Gasteiger partial charge < -0.3 is 5.32 Å². The molecule has 1 aromatic heterocycles. The molecule has 0 radical (unpaired) electrons. The summed E-state index contributed by atoms with van der Waals surface area (Å²) in [5, 5.41) is 5.42. The molecule has 0 aliphatic rings. The van der Waals surface area contributed by atoms with E-state index in [-0.39, 0.29) is 5.69 Å². The highest BCUT2D eigenvalue weighted by Gasteiger charge is 2.39. The number of carbonyl (C=O) groups excluding carboxylic acids is 1. The molecule has 3 aromatic rings. The zero-order valence-corrected chi connectivity index (χ0v) is 13.5. The van der Waals surface area contributed by atoms with Crippen molar-refractivity contribution in [1.29, 1.82) is 0 Å². The minimum absolute atomic E-state index is 0.216. The molecule has 0 bridgehead atoms. The van der Waals surface area contributed by atoms with E-state index in [1.807, 2.05) is 6.07 Å². The number of hydrogen-bond acceptors (Lipinski definition) is 2. The van der Waals surface area contributed by atoms with Crippen molar-refractivity contribution in [1.82, 2.24) is 9.78 Å². The summed E-state index contributed by atoms with van der Waals surface area (Å²) in [6, 6.07) is 13.1. The van der Waals surface area contributed by atoms with E-state index >= 15 is 0 Å². The second kappa shape index (κ2) is 6.62. The standard InChI is InChI=1S/C18H13F4N3O/c1-25-10-13(16(24-25)18(20,21)22)17(26)23-15-8-7-12(9-14(15)19)11-5-3-2-4-6-11/h2-10H,1H3,(H,23,26). The lowest BCUT2D eigenvalue weighted by Gasteiger charge is -2.09. The summed E-state index contributed by atoms with van der Waals surface area (Å²) in [5.41, 5.74) is -0.855. The smallest absolute Gasteiger partial charge is 0.319 e. The van der Waals surface area contributed by atoms with Gasteiger partial charge in [0.05, 0.1) is 11.3 Å². The Bertz CT molecular complexity index is 949. The van der Waals surface area contributed by atoms with Gasteiger partial charge in [-0.25, -0.2) is 4.39 Å². The molecule has 0 saturated carbocycles. The number of aromatic nitrogens is 2. The monoisotopic (exact) mass is 363 g/mol. The molecule has 0 aliphatic heterocycles. The van der Waals surface area contributed by atoms with Gasteiger partial charge in [-0.05, 0) is 23.3 Å². The molecule has 1 heterocycles. The number of aryl methyl sites for hydroxylation is 1. The molecule has 0 spiro atoms. The highest BCUT2D eigenvalue weighted by molar-refractivity contribution is 6.05. The number of nitrogens with zero attached hydrogens (tertiary/aromatic N) is 2. The molecule has 0 atom stereocenters. The second-order valence-electron chi connectivity index (χ2n) is 5.58. The molecule has 0 fully saturated rings. The van der Waals surface area contributed by atoms with Crippen LogP contribution in [0, 0.1) is 5.82 Å². The zero-order valence-electron chi connectivity index (χ0n) is 13.5. The Balaban J connectivity index is 1.87. The fourth-order valence-corrected chi connectivity index (χ4v) is 2.48. The summed E-state index contributed by atoms with van der Waals surface area (Å²) < 4.78 is 54.0. The summed E-state index contributed by atoms with van der Waals surface area (Å²) in [4.78, 5) is 12.2. The first kappa shape index (κ1) is 17.7. The van der Waals surface area contributed by atoms with Crippen LogP contribution >= 0.6 is 0 Å². The van der Waals surface area contributed by atoms with E-state index in [2.05, 4.69) is 10.4 Å². The molecule has 2 aromatic carbocycles. The quantitative estimate of drug-likeness (QED) is 0.697. The van der Waals surface area contributed by atoms with Crippen LogP contribution in [0.25, 0.3) is 11.1 Å². The first-order valence-corrected chi connectivity index (χ1v) is 7.53. The fourth-order valence-electron chi connectivity index (χ4n) is 2.48. The number of carbonyl (C=O) groups is 1. The molecule has 1 N–H and O–H groups in total. The Morgan fingerprint density at radius 1 is 1.08 bits per heavy atom. The summed E-state index contributed by atoms with van der Waals surface area (Å²) in [6.45, 7) is 0. The lowest BCUT2D eigenvalue weighted by Crippen LogP contribution is -2.18. The van der Waals surface area contributed by atoms with Crippen LogP contribution in [0.1, 0.15) is 16.1 Å². The summed E-state index contributed by atoms with van der Waals surface area (Å²) >= 11 is 0. The molecule has 134 valence electrons. The SMILES string of the molecule is Cn1cc(C(=O)Nc2ccc(-c3ccccc3)cc2F)c(C(F)(F)F)n1. The van der Waals surface area contributed by atoms with Crippen molar-refractivity contribution in [3.05, 3.63) is 71.8 Å². The average molecular weight is 363 g/mol. The minimum atomic E-state index is -4.79. The number of alkyl halides is 3. The molecule has 0 unspecified atom stereocenters. The maximum atomic E-state index is 14.3. The number of halogens is 4. The molecule has 26 heavy (non-hydrogen) atoms. The number of nitrogens with one attached hydrogen (secondary N) is 1. The third-order valence-electron chi connectivity index (χ3n) is 3.67. The Morgan fingerprint density at radius 2 is 1.77 bits per heavy atom. The molecular formula is C18H13F4N3O. The summed E-state index contributed by atoms with van der Waals surface area (Å²) in [6.07, 6.45) is -3.85. The molecule has 0 aliphatic carbocycles. The van der Waals surface area contributed by atoms with Crippen molar-refractivity contribution < 1.29 is 22.4 Å². The van der Waals surface area contributed by atoms with Crippen molar-refractivity contribution in [3.63, 3.8) is 0 Å². The Labute approximate surface area is 146 Å². The van der Waals surface area contributed by atoms with Gasteiger partial charge in [0.15, 0.2) is 5.69 Å². The average Bonchev–Trinajstić information content (AvgIpc) is 3.00. The van der Waals surface area contributed by atoms with E-state index in [1.54, 1.807) is 30.3 Å². The van der Waals surface area contributed by atoms with Crippen LogP contribution in [0.2, 0.25) is 0 Å². The lowest BCUT2D eigenvalue weighted by molar-refractivity contribution is -0.141. The summed E-state index contributed by atoms with van der Waals surface area (Å²) in [5.74, 6) is -1.84. The highest BCUT2D eigenvalue weighted by Crippen LogP contribution is 2.31. The van der Waals surface area contributed by atoms with E-state index in [0.29, 0.717) is 5.56 Å². The predicted molar refractivity (Wildman–Crippen MR) is 88.0 cm³/mol. The van der Waals surface area contributed by atoms with Gasteiger partial charge in [-0.15, -0.1) is 0 Å². The van der Waals surface area contributed by atoms with Crippen LogP contribution in [0.15, 0.2) is 54.7 Å². The molecule has 0 saturated heterocycles. The zero-order chi connectivity index (χ0) is 18.9. The van der Waals surface area contributed by atoms with Gasteiger partial charge in [0.2, 0.25) is 0 Å². The van der Waals surface area contributed by atoms with Crippen molar-refractivity contribution in [2.45, 2.75) is 6.18 Å². The molecule has 1 amide bonds. The maximum Gasteiger partial charge on any atom is 0.435 e. The third kappa shape index (κ3) is 3.58. The first-order valence-electron chi connectivity index (χ1n) is 7.53. The Hall–Kier alpha value is -3.16.